The zero-order valence-electron chi connectivity index (χ0n) is 7.84. The second-order valence-corrected chi connectivity index (χ2v) is 3.31. The molecule has 0 fully saturated rings. The molecule has 0 saturated carbocycles. The summed E-state index contributed by atoms with van der Waals surface area (Å²) in [6, 6.07) is 2.08. The van der Waals surface area contributed by atoms with Crippen LogP contribution in [-0.2, 0) is 0 Å². The maximum atomic E-state index is 5.83. The number of nitrogens with zero attached hydrogens (tertiary/aromatic N) is 1. The first kappa shape index (κ1) is 10.3. The molecule has 0 spiro atoms. The van der Waals surface area contributed by atoms with Crippen LogP contribution in [0.3, 0.4) is 0 Å². The molecular weight excluding hydrogens is 186 g/mol. The van der Waals surface area contributed by atoms with Crippen LogP contribution in [0.5, 0.6) is 0 Å². The number of nitrogens with one attached hydrogen (secondary N) is 1. The monoisotopic (exact) mass is 199 g/mol. The molecule has 0 radical (unpaired) electrons. The normalized spacial score (nSPS) is 12.8. The molecule has 1 heterocycles. The highest BCUT2D eigenvalue weighted by Gasteiger charge is 2.11. The summed E-state index contributed by atoms with van der Waals surface area (Å²) in [5.41, 5.74) is 6.70. The van der Waals surface area contributed by atoms with E-state index in [1.54, 1.807) is 6.20 Å². The topological polar surface area (TPSA) is 50.9 Å². The van der Waals surface area contributed by atoms with Gasteiger partial charge < -0.3 is 11.1 Å². The Morgan fingerprint density at radius 2 is 2.38 bits per heavy atom. The quantitative estimate of drug-likeness (QED) is 0.783. The fourth-order valence-corrected chi connectivity index (χ4v) is 1.49. The summed E-state index contributed by atoms with van der Waals surface area (Å²) in [5.74, 6) is 0.547. The lowest BCUT2D eigenvalue weighted by atomic mass is 10.1. The van der Waals surface area contributed by atoms with E-state index in [-0.39, 0.29) is 6.04 Å². The summed E-state index contributed by atoms with van der Waals surface area (Å²) in [5, 5.41) is 3.78. The number of rotatable bonds is 3. The second-order valence-electron chi connectivity index (χ2n) is 2.88. The van der Waals surface area contributed by atoms with Crippen LogP contribution in [0, 0.1) is 0 Å². The molecule has 1 unspecified atom stereocenters. The molecule has 0 saturated heterocycles. The summed E-state index contributed by atoms with van der Waals surface area (Å²) < 4.78 is 0. The third-order valence-electron chi connectivity index (χ3n) is 2.05. The van der Waals surface area contributed by atoms with Crippen LogP contribution in [-0.4, -0.2) is 12.0 Å². The van der Waals surface area contributed by atoms with Gasteiger partial charge in [0.15, 0.2) is 0 Å². The standard InChI is InChI=1S/C9H14ClN3/c1-3-8(12-2)7-4-6(10)5-13-9(7)11/h4-5,8,12H,3H2,1-2H3,(H2,11,13). The molecule has 3 N–H and O–H groups in total. The van der Waals surface area contributed by atoms with Crippen LogP contribution in [0.4, 0.5) is 5.82 Å². The lowest BCUT2D eigenvalue weighted by Gasteiger charge is -2.15. The van der Waals surface area contributed by atoms with Gasteiger partial charge in [-0.25, -0.2) is 4.98 Å². The molecule has 1 aromatic heterocycles. The number of hydrogen-bond acceptors (Lipinski definition) is 3. The van der Waals surface area contributed by atoms with Crippen molar-refractivity contribution in [1.29, 1.82) is 0 Å². The predicted molar refractivity (Wildman–Crippen MR) is 55.8 cm³/mol. The van der Waals surface area contributed by atoms with Crippen molar-refractivity contribution in [2.45, 2.75) is 19.4 Å². The fourth-order valence-electron chi connectivity index (χ4n) is 1.32. The van der Waals surface area contributed by atoms with Crippen LogP contribution in [0.15, 0.2) is 12.3 Å². The van der Waals surface area contributed by atoms with E-state index in [2.05, 4.69) is 17.2 Å². The first-order valence-corrected chi connectivity index (χ1v) is 4.65. The van der Waals surface area contributed by atoms with Gasteiger partial charge in [0.25, 0.3) is 0 Å². The van der Waals surface area contributed by atoms with Gasteiger partial charge in [0.2, 0.25) is 0 Å². The molecule has 4 heteroatoms. The molecule has 3 nitrogen and oxygen atoms in total. The molecule has 1 rings (SSSR count). The molecule has 0 amide bonds. The Hall–Kier alpha value is -0.800. The fraction of sp³-hybridized carbons (Fsp3) is 0.444. The van der Waals surface area contributed by atoms with Gasteiger partial charge in [-0.05, 0) is 19.5 Å². The summed E-state index contributed by atoms with van der Waals surface area (Å²) >= 11 is 5.83. The van der Waals surface area contributed by atoms with Crippen molar-refractivity contribution < 1.29 is 0 Å². The Bertz CT molecular complexity index is 284. The van der Waals surface area contributed by atoms with Crippen molar-refractivity contribution in [2.75, 3.05) is 12.8 Å². The number of aromatic nitrogens is 1. The highest BCUT2D eigenvalue weighted by molar-refractivity contribution is 6.30. The Balaban J connectivity index is 3.03. The molecule has 72 valence electrons. The SMILES string of the molecule is CCC(NC)c1cc(Cl)cnc1N. The lowest BCUT2D eigenvalue weighted by Crippen LogP contribution is -2.17. The molecule has 1 aromatic rings. The van der Waals surface area contributed by atoms with Gasteiger partial charge >= 0.3 is 0 Å². The van der Waals surface area contributed by atoms with Crippen LogP contribution in [0.2, 0.25) is 5.02 Å². The first-order valence-electron chi connectivity index (χ1n) is 4.27. The van der Waals surface area contributed by atoms with Crippen LogP contribution < -0.4 is 11.1 Å². The molecule has 0 bridgehead atoms. The number of halogens is 1. The maximum Gasteiger partial charge on any atom is 0.128 e. The third-order valence-corrected chi connectivity index (χ3v) is 2.25. The van der Waals surface area contributed by atoms with E-state index in [1.807, 2.05) is 13.1 Å². The molecule has 13 heavy (non-hydrogen) atoms. The zero-order chi connectivity index (χ0) is 9.84. The Labute approximate surface area is 83.3 Å². The summed E-state index contributed by atoms with van der Waals surface area (Å²) in [7, 11) is 1.90. The summed E-state index contributed by atoms with van der Waals surface area (Å²) in [6.07, 6.45) is 2.52. The molecular formula is C9H14ClN3. The van der Waals surface area contributed by atoms with Gasteiger partial charge in [0, 0.05) is 17.8 Å². The van der Waals surface area contributed by atoms with E-state index >= 15 is 0 Å². The van der Waals surface area contributed by atoms with E-state index in [0.717, 1.165) is 12.0 Å². The van der Waals surface area contributed by atoms with E-state index < -0.39 is 0 Å². The number of nitrogen functional groups attached to an aromatic ring is 1. The van der Waals surface area contributed by atoms with Crippen LogP contribution in [0.25, 0.3) is 0 Å². The highest BCUT2D eigenvalue weighted by atomic mass is 35.5. The van der Waals surface area contributed by atoms with Gasteiger partial charge in [0.05, 0.1) is 5.02 Å². The second kappa shape index (κ2) is 4.44. The zero-order valence-corrected chi connectivity index (χ0v) is 8.60. The number of anilines is 1. The van der Waals surface area contributed by atoms with Crippen molar-refractivity contribution in [3.63, 3.8) is 0 Å². The van der Waals surface area contributed by atoms with Gasteiger partial charge in [-0.15, -0.1) is 0 Å². The van der Waals surface area contributed by atoms with E-state index in [4.69, 9.17) is 17.3 Å². The molecule has 0 aliphatic heterocycles. The van der Waals surface area contributed by atoms with Crippen LogP contribution >= 0.6 is 11.6 Å². The van der Waals surface area contributed by atoms with Gasteiger partial charge in [0.1, 0.15) is 5.82 Å². The van der Waals surface area contributed by atoms with E-state index in [0.29, 0.717) is 10.8 Å². The van der Waals surface area contributed by atoms with E-state index in [1.165, 1.54) is 0 Å². The minimum Gasteiger partial charge on any atom is -0.383 e. The number of pyridine rings is 1. The van der Waals surface area contributed by atoms with Gasteiger partial charge in [-0.1, -0.05) is 18.5 Å². The minimum absolute atomic E-state index is 0.228. The Kier molecular flexibility index (Phi) is 3.51. The Morgan fingerprint density at radius 3 is 2.92 bits per heavy atom. The average Bonchev–Trinajstić information content (AvgIpc) is 2.13. The third kappa shape index (κ3) is 2.32. The Morgan fingerprint density at radius 1 is 1.69 bits per heavy atom. The highest BCUT2D eigenvalue weighted by Crippen LogP contribution is 2.23. The molecule has 0 aliphatic rings. The van der Waals surface area contributed by atoms with Gasteiger partial charge in [-0.2, -0.15) is 0 Å². The molecule has 0 aromatic carbocycles. The minimum atomic E-state index is 0.228. The van der Waals surface area contributed by atoms with Crippen molar-refractivity contribution in [1.82, 2.24) is 10.3 Å². The molecule has 1 atom stereocenters. The van der Waals surface area contributed by atoms with Crippen molar-refractivity contribution >= 4 is 17.4 Å². The largest absolute Gasteiger partial charge is 0.383 e. The first-order chi connectivity index (χ1) is 6.19. The van der Waals surface area contributed by atoms with Gasteiger partial charge in [-0.3, -0.25) is 0 Å². The number of nitrogens with two attached hydrogens (primary N) is 1. The summed E-state index contributed by atoms with van der Waals surface area (Å²) in [4.78, 5) is 4.00. The summed E-state index contributed by atoms with van der Waals surface area (Å²) in [6.45, 7) is 2.08. The maximum absolute atomic E-state index is 5.83. The van der Waals surface area contributed by atoms with Crippen molar-refractivity contribution in [3.8, 4) is 0 Å². The number of hydrogen-bond donors (Lipinski definition) is 2. The lowest BCUT2D eigenvalue weighted by molar-refractivity contribution is 0.577. The van der Waals surface area contributed by atoms with Crippen molar-refractivity contribution in [3.05, 3.63) is 22.8 Å². The van der Waals surface area contributed by atoms with E-state index in [9.17, 15) is 0 Å². The smallest absolute Gasteiger partial charge is 0.128 e. The molecule has 0 aliphatic carbocycles. The van der Waals surface area contributed by atoms with Crippen molar-refractivity contribution in [2.24, 2.45) is 0 Å². The van der Waals surface area contributed by atoms with Crippen LogP contribution in [0.1, 0.15) is 24.9 Å². The average molecular weight is 200 g/mol. The predicted octanol–water partition coefficient (Wildman–Crippen LogP) is 1.99.